The summed E-state index contributed by atoms with van der Waals surface area (Å²) in [7, 11) is 1.99. The first-order valence-electron chi connectivity index (χ1n) is 3.30. The van der Waals surface area contributed by atoms with Crippen molar-refractivity contribution in [2.75, 3.05) is 20.1 Å². The Morgan fingerprint density at radius 3 is 2.90 bits per heavy atom. The summed E-state index contributed by atoms with van der Waals surface area (Å²) in [4.78, 5) is 2.09. The lowest BCUT2D eigenvalue weighted by atomic mass is 10.1. The van der Waals surface area contributed by atoms with Crippen LogP contribution in [0.2, 0.25) is 0 Å². The molecule has 0 saturated carbocycles. The highest BCUT2D eigenvalue weighted by atomic mass is 15.1. The van der Waals surface area contributed by atoms with Crippen LogP contribution in [0.15, 0.2) is 11.3 Å². The predicted octanol–water partition coefficient (Wildman–Crippen LogP) is 0.0583. The van der Waals surface area contributed by atoms with Crippen LogP contribution in [0.5, 0.6) is 0 Å². The molecular formula is C7H11N3. The van der Waals surface area contributed by atoms with E-state index >= 15 is 0 Å². The number of nitriles is 1. The van der Waals surface area contributed by atoms with Crippen molar-refractivity contribution in [1.82, 2.24) is 4.90 Å². The van der Waals surface area contributed by atoms with Gasteiger partial charge in [0.15, 0.2) is 0 Å². The third-order valence-corrected chi connectivity index (χ3v) is 1.71. The molecule has 0 aromatic heterocycles. The van der Waals surface area contributed by atoms with E-state index in [1.165, 1.54) is 0 Å². The zero-order valence-corrected chi connectivity index (χ0v) is 6.09. The van der Waals surface area contributed by atoms with Crippen LogP contribution in [0, 0.1) is 11.3 Å². The van der Waals surface area contributed by atoms with Crippen molar-refractivity contribution < 1.29 is 0 Å². The van der Waals surface area contributed by atoms with Crippen LogP contribution >= 0.6 is 0 Å². The van der Waals surface area contributed by atoms with Gasteiger partial charge in [-0.1, -0.05) is 0 Å². The summed E-state index contributed by atoms with van der Waals surface area (Å²) in [6.07, 6.45) is 0.833. The second kappa shape index (κ2) is 2.72. The number of nitrogens with zero attached hydrogens (tertiary/aromatic N) is 2. The Morgan fingerprint density at radius 2 is 2.40 bits per heavy atom. The van der Waals surface area contributed by atoms with E-state index in [4.69, 9.17) is 11.0 Å². The van der Waals surface area contributed by atoms with Crippen LogP contribution in [-0.4, -0.2) is 25.0 Å². The minimum absolute atomic E-state index is 0.711. The molecule has 0 spiro atoms. The predicted molar refractivity (Wildman–Crippen MR) is 38.9 cm³/mol. The molecule has 10 heavy (non-hydrogen) atoms. The van der Waals surface area contributed by atoms with Gasteiger partial charge in [0.25, 0.3) is 0 Å². The number of nitrogens with two attached hydrogens (primary N) is 1. The monoisotopic (exact) mass is 137 g/mol. The molecule has 0 atom stereocenters. The maximum Gasteiger partial charge on any atom is 0.0979 e. The molecule has 0 unspecified atom stereocenters. The van der Waals surface area contributed by atoms with Gasteiger partial charge in [-0.2, -0.15) is 5.26 Å². The van der Waals surface area contributed by atoms with E-state index < -0.39 is 0 Å². The molecule has 1 rings (SSSR count). The highest BCUT2D eigenvalue weighted by Crippen LogP contribution is 2.10. The Labute approximate surface area is 60.7 Å². The van der Waals surface area contributed by atoms with Gasteiger partial charge in [0, 0.05) is 25.2 Å². The smallest absolute Gasteiger partial charge is 0.0979 e. The lowest BCUT2D eigenvalue weighted by molar-refractivity contribution is 0.351. The Hall–Kier alpha value is -1.01. The molecule has 0 radical (unpaired) electrons. The zero-order valence-electron chi connectivity index (χ0n) is 6.09. The molecule has 0 saturated heterocycles. The minimum Gasteiger partial charge on any atom is -0.401 e. The van der Waals surface area contributed by atoms with E-state index in [0.29, 0.717) is 6.54 Å². The van der Waals surface area contributed by atoms with Gasteiger partial charge in [0.1, 0.15) is 0 Å². The molecular weight excluding hydrogens is 126 g/mol. The van der Waals surface area contributed by atoms with Gasteiger partial charge < -0.3 is 10.6 Å². The highest BCUT2D eigenvalue weighted by molar-refractivity contribution is 5.29. The summed E-state index contributed by atoms with van der Waals surface area (Å²) in [6, 6.07) is 2.10. The Morgan fingerprint density at radius 1 is 1.70 bits per heavy atom. The topological polar surface area (TPSA) is 53.0 Å². The van der Waals surface area contributed by atoms with E-state index in [1.54, 1.807) is 0 Å². The summed E-state index contributed by atoms with van der Waals surface area (Å²) < 4.78 is 0. The van der Waals surface area contributed by atoms with Crippen molar-refractivity contribution in [2.45, 2.75) is 6.42 Å². The van der Waals surface area contributed by atoms with Crippen LogP contribution in [0.3, 0.4) is 0 Å². The maximum atomic E-state index is 8.56. The lowest BCUT2D eigenvalue weighted by Crippen LogP contribution is -2.29. The molecule has 0 fully saturated rings. The van der Waals surface area contributed by atoms with Crippen molar-refractivity contribution >= 4 is 0 Å². The third-order valence-electron chi connectivity index (χ3n) is 1.71. The normalized spacial score (nSPS) is 20.8. The average molecular weight is 137 g/mol. The fourth-order valence-electron chi connectivity index (χ4n) is 1.02. The van der Waals surface area contributed by atoms with Gasteiger partial charge in [0.2, 0.25) is 0 Å². The Kier molecular flexibility index (Phi) is 1.93. The summed E-state index contributed by atoms with van der Waals surface area (Å²) in [5.74, 6) is 0. The maximum absolute atomic E-state index is 8.56. The molecule has 3 nitrogen and oxygen atoms in total. The quantitative estimate of drug-likeness (QED) is 0.513. The standard InChI is InChI=1S/C7H11N3/c1-10-3-2-7(9)6(4-8)5-10/h2-3,5,9H2,1H3. The molecule has 54 valence electrons. The van der Waals surface area contributed by atoms with Crippen LogP contribution in [0.4, 0.5) is 0 Å². The van der Waals surface area contributed by atoms with Gasteiger partial charge in [0.05, 0.1) is 11.6 Å². The first-order valence-corrected chi connectivity index (χ1v) is 3.30. The second-order valence-electron chi connectivity index (χ2n) is 2.60. The summed E-state index contributed by atoms with van der Waals surface area (Å²) >= 11 is 0. The first-order chi connectivity index (χ1) is 4.74. The summed E-state index contributed by atoms with van der Waals surface area (Å²) in [5.41, 5.74) is 7.08. The zero-order chi connectivity index (χ0) is 7.56. The van der Waals surface area contributed by atoms with E-state index in [9.17, 15) is 0 Å². The molecule has 0 amide bonds. The number of likely N-dealkylation sites (N-methyl/N-ethyl adjacent to an activating group) is 1. The first kappa shape index (κ1) is 7.10. The van der Waals surface area contributed by atoms with Crippen molar-refractivity contribution in [3.8, 4) is 6.07 Å². The third kappa shape index (κ3) is 1.28. The fraction of sp³-hybridized carbons (Fsp3) is 0.571. The number of rotatable bonds is 0. The fourth-order valence-corrected chi connectivity index (χ4v) is 1.02. The number of hydrogen-bond donors (Lipinski definition) is 1. The van der Waals surface area contributed by atoms with Crippen molar-refractivity contribution in [3.05, 3.63) is 11.3 Å². The van der Waals surface area contributed by atoms with Gasteiger partial charge in [-0.15, -0.1) is 0 Å². The molecule has 0 aromatic carbocycles. The van der Waals surface area contributed by atoms with Gasteiger partial charge >= 0.3 is 0 Å². The van der Waals surface area contributed by atoms with E-state index in [-0.39, 0.29) is 0 Å². The van der Waals surface area contributed by atoms with Crippen molar-refractivity contribution in [2.24, 2.45) is 5.73 Å². The number of hydrogen-bond acceptors (Lipinski definition) is 3. The lowest BCUT2D eigenvalue weighted by Gasteiger charge is -2.22. The summed E-state index contributed by atoms with van der Waals surface area (Å²) in [5, 5.41) is 8.56. The molecule has 2 N–H and O–H groups in total. The van der Waals surface area contributed by atoms with Crippen LogP contribution < -0.4 is 5.73 Å². The SMILES string of the molecule is CN1CCC(N)=C(C#N)C1. The van der Waals surface area contributed by atoms with Crippen LogP contribution in [-0.2, 0) is 0 Å². The Balaban J connectivity index is 2.75. The van der Waals surface area contributed by atoms with Gasteiger partial charge in [-0.05, 0) is 7.05 Å². The molecule has 1 heterocycles. The molecule has 0 aliphatic carbocycles. The molecule has 1 aliphatic heterocycles. The average Bonchev–Trinajstić information content (AvgIpc) is 1.94. The van der Waals surface area contributed by atoms with Gasteiger partial charge in [-0.3, -0.25) is 0 Å². The molecule has 1 aliphatic rings. The highest BCUT2D eigenvalue weighted by Gasteiger charge is 2.12. The van der Waals surface area contributed by atoms with E-state index in [1.807, 2.05) is 7.05 Å². The molecule has 3 heteroatoms. The molecule has 0 aromatic rings. The second-order valence-corrected chi connectivity index (χ2v) is 2.60. The van der Waals surface area contributed by atoms with Crippen molar-refractivity contribution in [1.29, 1.82) is 5.26 Å². The van der Waals surface area contributed by atoms with Crippen LogP contribution in [0.25, 0.3) is 0 Å². The minimum atomic E-state index is 0.711. The van der Waals surface area contributed by atoms with Crippen molar-refractivity contribution in [3.63, 3.8) is 0 Å². The van der Waals surface area contributed by atoms with Crippen LogP contribution in [0.1, 0.15) is 6.42 Å². The molecule has 0 bridgehead atoms. The summed E-state index contributed by atoms with van der Waals surface area (Å²) in [6.45, 7) is 1.68. The van der Waals surface area contributed by atoms with E-state index in [2.05, 4.69) is 11.0 Å². The Bertz CT molecular complexity index is 199. The van der Waals surface area contributed by atoms with E-state index in [0.717, 1.165) is 24.2 Å². The van der Waals surface area contributed by atoms with Gasteiger partial charge in [-0.25, -0.2) is 0 Å². The largest absolute Gasteiger partial charge is 0.401 e.